The van der Waals surface area contributed by atoms with Crippen LogP contribution in [0.15, 0.2) is 29.2 Å². The highest BCUT2D eigenvalue weighted by atomic mass is 32.2. The lowest BCUT2D eigenvalue weighted by atomic mass is 10.2. The van der Waals surface area contributed by atoms with Crippen LogP contribution in [-0.4, -0.2) is 50.3 Å². The Morgan fingerprint density at radius 1 is 1.10 bits per heavy atom. The van der Waals surface area contributed by atoms with Crippen molar-refractivity contribution >= 4 is 10.0 Å². The van der Waals surface area contributed by atoms with Crippen molar-refractivity contribution in [2.45, 2.75) is 24.3 Å². The predicted molar refractivity (Wildman–Crippen MR) is 82.3 cm³/mol. The third-order valence-corrected chi connectivity index (χ3v) is 6.35. The molecule has 2 N–H and O–H groups in total. The zero-order chi connectivity index (χ0) is 14.9. The topological polar surface area (TPSA) is 66.6 Å². The number of sulfonamides is 1. The molecule has 6 heteroatoms. The van der Waals surface area contributed by atoms with Crippen LogP contribution in [0.3, 0.4) is 0 Å². The van der Waals surface area contributed by atoms with Gasteiger partial charge in [-0.15, -0.1) is 0 Å². The highest BCUT2D eigenvalue weighted by molar-refractivity contribution is 7.89. The van der Waals surface area contributed by atoms with Crippen LogP contribution in [0.25, 0.3) is 0 Å². The molecule has 21 heavy (non-hydrogen) atoms. The molecule has 1 heterocycles. The second-order valence-electron chi connectivity index (χ2n) is 5.96. The van der Waals surface area contributed by atoms with Crippen LogP contribution >= 0.6 is 0 Å². The van der Waals surface area contributed by atoms with Crippen LogP contribution in [0.1, 0.15) is 18.4 Å². The second kappa shape index (κ2) is 6.04. The van der Waals surface area contributed by atoms with Crippen LogP contribution in [0, 0.1) is 5.92 Å². The van der Waals surface area contributed by atoms with Gasteiger partial charge in [-0.1, -0.05) is 18.2 Å². The standard InChI is InChI=1S/C15H23N3O2S/c16-11-14-3-1-2-4-15(14)21(19,20)18-9-7-17(8-10-18)12-13-5-6-13/h1-4,13H,5-12,16H2. The minimum absolute atomic E-state index is 0.247. The molecule has 5 nitrogen and oxygen atoms in total. The normalized spacial score (nSPS) is 21.6. The van der Waals surface area contributed by atoms with Crippen molar-refractivity contribution in [3.05, 3.63) is 29.8 Å². The molecule has 0 amide bonds. The summed E-state index contributed by atoms with van der Waals surface area (Å²) in [5.41, 5.74) is 6.36. The fraction of sp³-hybridized carbons (Fsp3) is 0.600. The van der Waals surface area contributed by atoms with Gasteiger partial charge >= 0.3 is 0 Å². The summed E-state index contributed by atoms with van der Waals surface area (Å²) >= 11 is 0. The summed E-state index contributed by atoms with van der Waals surface area (Å²) in [4.78, 5) is 2.75. The number of hydrogen-bond donors (Lipinski definition) is 1. The number of piperazine rings is 1. The Kier molecular flexibility index (Phi) is 4.31. The van der Waals surface area contributed by atoms with E-state index in [-0.39, 0.29) is 6.54 Å². The first-order valence-corrected chi connectivity index (χ1v) is 9.06. The Labute approximate surface area is 126 Å². The first-order valence-electron chi connectivity index (χ1n) is 7.62. The molecular weight excluding hydrogens is 286 g/mol. The molecule has 1 saturated heterocycles. The molecule has 0 aromatic heterocycles. The van der Waals surface area contributed by atoms with E-state index in [0.29, 0.717) is 23.5 Å². The Hall–Kier alpha value is -0.950. The van der Waals surface area contributed by atoms with Gasteiger partial charge in [0.15, 0.2) is 0 Å². The molecule has 0 radical (unpaired) electrons. The molecule has 1 aromatic rings. The summed E-state index contributed by atoms with van der Waals surface area (Å²) in [7, 11) is -3.41. The predicted octanol–water partition coefficient (Wildman–Crippen LogP) is 0.862. The summed E-state index contributed by atoms with van der Waals surface area (Å²) in [5, 5.41) is 0. The van der Waals surface area contributed by atoms with E-state index in [0.717, 1.165) is 25.6 Å². The highest BCUT2D eigenvalue weighted by Gasteiger charge is 2.31. The zero-order valence-electron chi connectivity index (χ0n) is 12.2. The quantitative estimate of drug-likeness (QED) is 0.876. The lowest BCUT2D eigenvalue weighted by Gasteiger charge is -2.34. The van der Waals surface area contributed by atoms with E-state index in [1.807, 2.05) is 6.07 Å². The average Bonchev–Trinajstić information content (AvgIpc) is 3.32. The summed E-state index contributed by atoms with van der Waals surface area (Å²) in [6, 6.07) is 7.04. The van der Waals surface area contributed by atoms with Gasteiger partial charge in [0, 0.05) is 39.3 Å². The van der Waals surface area contributed by atoms with Crippen LogP contribution in [0.5, 0.6) is 0 Å². The van der Waals surface area contributed by atoms with E-state index in [1.165, 1.54) is 12.8 Å². The summed E-state index contributed by atoms with van der Waals surface area (Å²) in [5.74, 6) is 0.853. The van der Waals surface area contributed by atoms with Gasteiger partial charge in [0.05, 0.1) is 4.90 Å². The van der Waals surface area contributed by atoms with Gasteiger partial charge in [-0.2, -0.15) is 4.31 Å². The van der Waals surface area contributed by atoms with Crippen LogP contribution in [0.2, 0.25) is 0 Å². The molecular formula is C15H23N3O2S. The molecule has 1 aromatic carbocycles. The Balaban J connectivity index is 1.70. The maximum atomic E-state index is 12.8. The van der Waals surface area contributed by atoms with E-state index in [4.69, 9.17) is 5.73 Å². The Morgan fingerprint density at radius 2 is 1.76 bits per heavy atom. The first-order chi connectivity index (χ1) is 10.1. The van der Waals surface area contributed by atoms with Gasteiger partial charge in [-0.05, 0) is 30.4 Å². The molecule has 0 atom stereocenters. The maximum Gasteiger partial charge on any atom is 0.243 e. The van der Waals surface area contributed by atoms with Gasteiger partial charge < -0.3 is 10.6 Å². The lowest BCUT2D eigenvalue weighted by molar-refractivity contribution is 0.182. The van der Waals surface area contributed by atoms with Gasteiger partial charge in [-0.25, -0.2) is 8.42 Å². The van der Waals surface area contributed by atoms with E-state index >= 15 is 0 Å². The lowest BCUT2D eigenvalue weighted by Crippen LogP contribution is -2.49. The molecule has 0 spiro atoms. The fourth-order valence-corrected chi connectivity index (χ4v) is 4.54. The third-order valence-electron chi connectivity index (χ3n) is 4.35. The van der Waals surface area contributed by atoms with Crippen molar-refractivity contribution in [3.63, 3.8) is 0 Å². The minimum atomic E-state index is -3.41. The van der Waals surface area contributed by atoms with E-state index in [2.05, 4.69) is 4.90 Å². The molecule has 0 unspecified atom stereocenters. The fourth-order valence-electron chi connectivity index (χ4n) is 2.88. The third kappa shape index (κ3) is 3.29. The summed E-state index contributed by atoms with van der Waals surface area (Å²) < 4.78 is 27.1. The maximum absolute atomic E-state index is 12.8. The van der Waals surface area contributed by atoms with E-state index < -0.39 is 10.0 Å². The number of nitrogens with zero attached hydrogens (tertiary/aromatic N) is 2. The largest absolute Gasteiger partial charge is 0.326 e. The minimum Gasteiger partial charge on any atom is -0.326 e. The molecule has 1 saturated carbocycles. The first kappa shape index (κ1) is 15.0. The van der Waals surface area contributed by atoms with E-state index in [1.54, 1.807) is 22.5 Å². The van der Waals surface area contributed by atoms with Gasteiger partial charge in [-0.3, -0.25) is 0 Å². The SMILES string of the molecule is NCc1ccccc1S(=O)(=O)N1CCN(CC2CC2)CC1. The van der Waals surface area contributed by atoms with Crippen LogP contribution in [0.4, 0.5) is 0 Å². The van der Waals surface area contributed by atoms with Crippen molar-refractivity contribution in [1.82, 2.24) is 9.21 Å². The van der Waals surface area contributed by atoms with Crippen molar-refractivity contribution in [1.29, 1.82) is 0 Å². The molecule has 3 rings (SSSR count). The zero-order valence-corrected chi connectivity index (χ0v) is 13.1. The number of rotatable bonds is 5. The second-order valence-corrected chi connectivity index (χ2v) is 7.87. The van der Waals surface area contributed by atoms with Crippen LogP contribution in [-0.2, 0) is 16.6 Å². The molecule has 2 fully saturated rings. The molecule has 1 aliphatic heterocycles. The Morgan fingerprint density at radius 3 is 2.38 bits per heavy atom. The van der Waals surface area contributed by atoms with Gasteiger partial charge in [0.1, 0.15) is 0 Å². The van der Waals surface area contributed by atoms with E-state index in [9.17, 15) is 8.42 Å². The monoisotopic (exact) mass is 309 g/mol. The molecule has 0 bridgehead atoms. The summed E-state index contributed by atoms with van der Waals surface area (Å²) in [6.07, 6.45) is 2.67. The van der Waals surface area contributed by atoms with Crippen molar-refractivity contribution in [2.24, 2.45) is 11.7 Å². The molecule has 2 aliphatic rings. The van der Waals surface area contributed by atoms with Crippen molar-refractivity contribution in [3.8, 4) is 0 Å². The average molecular weight is 309 g/mol. The Bertz CT molecular complexity index is 591. The number of hydrogen-bond acceptors (Lipinski definition) is 4. The number of benzene rings is 1. The van der Waals surface area contributed by atoms with Gasteiger partial charge in [0.2, 0.25) is 10.0 Å². The van der Waals surface area contributed by atoms with Crippen molar-refractivity contribution < 1.29 is 8.42 Å². The number of nitrogens with two attached hydrogens (primary N) is 1. The molecule has 1 aliphatic carbocycles. The molecule has 116 valence electrons. The van der Waals surface area contributed by atoms with Crippen LogP contribution < -0.4 is 5.73 Å². The summed E-state index contributed by atoms with van der Waals surface area (Å²) in [6.45, 7) is 4.20. The highest BCUT2D eigenvalue weighted by Crippen LogP contribution is 2.30. The van der Waals surface area contributed by atoms with Gasteiger partial charge in [0.25, 0.3) is 0 Å². The van der Waals surface area contributed by atoms with Crippen molar-refractivity contribution in [2.75, 3.05) is 32.7 Å². The smallest absolute Gasteiger partial charge is 0.243 e.